The lowest BCUT2D eigenvalue weighted by Crippen LogP contribution is -2.28. The molecule has 0 bridgehead atoms. The minimum Gasteiger partial charge on any atom is -0.300 e. The van der Waals surface area contributed by atoms with Gasteiger partial charge >= 0.3 is 0 Å². The van der Waals surface area contributed by atoms with Crippen molar-refractivity contribution in [2.75, 3.05) is 0 Å². The molecule has 0 heterocycles. The average molecular weight is 616 g/mol. The maximum absolute atomic E-state index is 11.1. The number of rotatable bonds is 0. The summed E-state index contributed by atoms with van der Waals surface area (Å²) in [6.45, 7) is 8.68. The Bertz CT molecular complexity index is 770. The largest absolute Gasteiger partial charge is 0.300 e. The van der Waals surface area contributed by atoms with Gasteiger partial charge in [0.15, 0.2) is 0 Å². The highest BCUT2D eigenvalue weighted by atomic mass is 35.5. The zero-order valence-electron chi connectivity index (χ0n) is 27.2. The molecule has 6 aliphatic rings. The van der Waals surface area contributed by atoms with E-state index in [1.807, 2.05) is 13.8 Å². The standard InChI is InChI=1S/C10H16O.C10H18.C8H12O2.C8H16.2ClH/c11-9-4-7-10(8-9)5-2-1-3-6-10;1-2-6-10(7-3-1)8-4-5-9-10;1-8(2)4-6(9)3-7(10)5-8;1-8(2)6-4-3-5-7-8;;/h1-8H2;1-9H2;3-5H2,1-2H3;3-7H2,1-2H3;2*1H. The summed E-state index contributed by atoms with van der Waals surface area (Å²) in [5.74, 6) is 0.717. The fourth-order valence-electron chi connectivity index (χ4n) is 8.64. The van der Waals surface area contributed by atoms with Gasteiger partial charge in [-0.05, 0) is 79.4 Å². The minimum absolute atomic E-state index is 0. The van der Waals surface area contributed by atoms with E-state index in [1.54, 1.807) is 25.7 Å². The number of hydrogen-bond acceptors (Lipinski definition) is 3. The van der Waals surface area contributed by atoms with Gasteiger partial charge in [-0.1, -0.05) is 98.3 Å². The number of Topliss-reactive ketones (excluding diaryl/α,β-unsaturated/α-hetero) is 3. The van der Waals surface area contributed by atoms with Crippen LogP contribution in [0.25, 0.3) is 0 Å². The second kappa shape index (κ2) is 17.8. The van der Waals surface area contributed by atoms with Crippen LogP contribution in [-0.2, 0) is 14.4 Å². The predicted octanol–water partition coefficient (Wildman–Crippen LogP) is 11.4. The van der Waals surface area contributed by atoms with Gasteiger partial charge in [0.1, 0.15) is 17.3 Å². The summed E-state index contributed by atoms with van der Waals surface area (Å²) in [4.78, 5) is 32.9. The Morgan fingerprint density at radius 2 is 0.756 bits per heavy atom. The Morgan fingerprint density at radius 1 is 0.390 bits per heavy atom. The monoisotopic (exact) mass is 614 g/mol. The first-order valence-corrected chi connectivity index (χ1v) is 17.0. The van der Waals surface area contributed by atoms with Crippen LogP contribution in [-0.4, -0.2) is 17.3 Å². The highest BCUT2D eigenvalue weighted by Crippen LogP contribution is 2.49. The first kappa shape index (κ1) is 38.6. The summed E-state index contributed by atoms with van der Waals surface area (Å²) in [7, 11) is 0. The summed E-state index contributed by atoms with van der Waals surface area (Å²) in [6.07, 6.45) is 32.3. The van der Waals surface area contributed by atoms with Crippen molar-refractivity contribution in [3.8, 4) is 0 Å². The topological polar surface area (TPSA) is 51.2 Å². The molecule has 240 valence electrons. The number of carbonyl (C=O) groups is 3. The second-order valence-corrected chi connectivity index (χ2v) is 16.0. The molecule has 6 saturated carbocycles. The molecular weight excluding hydrogens is 551 g/mol. The minimum atomic E-state index is -0.0770. The Hall–Kier alpha value is -0.410. The zero-order chi connectivity index (χ0) is 28.4. The maximum atomic E-state index is 11.1. The van der Waals surface area contributed by atoms with Gasteiger partial charge in [-0.15, -0.1) is 24.8 Å². The van der Waals surface area contributed by atoms with Gasteiger partial charge < -0.3 is 0 Å². The van der Waals surface area contributed by atoms with E-state index in [-0.39, 0.29) is 48.2 Å². The van der Waals surface area contributed by atoms with Gasteiger partial charge in [-0.25, -0.2) is 0 Å². The average Bonchev–Trinajstić information content (AvgIpc) is 3.46. The molecule has 0 amide bonds. The van der Waals surface area contributed by atoms with Crippen LogP contribution in [0.2, 0.25) is 0 Å². The maximum Gasteiger partial charge on any atom is 0.140 e. The summed E-state index contributed by atoms with van der Waals surface area (Å²) in [5.41, 5.74) is 1.97. The molecule has 0 unspecified atom stereocenters. The highest BCUT2D eigenvalue weighted by molar-refractivity contribution is 6.02. The van der Waals surface area contributed by atoms with Crippen LogP contribution in [0.5, 0.6) is 0 Å². The number of ketones is 3. The third-order valence-electron chi connectivity index (χ3n) is 11.0. The Labute approximate surface area is 265 Å². The van der Waals surface area contributed by atoms with Crippen LogP contribution >= 0.6 is 24.8 Å². The lowest BCUT2D eigenvalue weighted by atomic mass is 9.73. The Morgan fingerprint density at radius 3 is 1.07 bits per heavy atom. The molecule has 0 aromatic heterocycles. The predicted molar refractivity (Wildman–Crippen MR) is 177 cm³/mol. The Kier molecular flexibility index (Phi) is 16.7. The van der Waals surface area contributed by atoms with Crippen molar-refractivity contribution in [2.24, 2.45) is 21.7 Å². The second-order valence-electron chi connectivity index (χ2n) is 16.0. The van der Waals surface area contributed by atoms with E-state index in [2.05, 4.69) is 13.8 Å². The molecule has 5 heteroatoms. The lowest BCUT2D eigenvalue weighted by Gasteiger charge is -2.32. The van der Waals surface area contributed by atoms with Crippen LogP contribution in [0, 0.1) is 21.7 Å². The number of carbonyl (C=O) groups excluding carboxylic acids is 3. The van der Waals surface area contributed by atoms with E-state index >= 15 is 0 Å². The first-order valence-electron chi connectivity index (χ1n) is 17.0. The van der Waals surface area contributed by atoms with E-state index < -0.39 is 0 Å². The molecule has 0 aromatic rings. The van der Waals surface area contributed by atoms with Crippen molar-refractivity contribution in [3.63, 3.8) is 0 Å². The van der Waals surface area contributed by atoms with Crippen molar-refractivity contribution >= 4 is 42.2 Å². The molecule has 6 rings (SSSR count). The molecule has 2 spiro atoms. The van der Waals surface area contributed by atoms with Crippen molar-refractivity contribution < 1.29 is 14.4 Å². The van der Waals surface area contributed by atoms with Crippen molar-refractivity contribution in [2.45, 2.75) is 188 Å². The summed E-state index contributed by atoms with van der Waals surface area (Å²) < 4.78 is 0. The smallest absolute Gasteiger partial charge is 0.140 e. The zero-order valence-corrected chi connectivity index (χ0v) is 28.9. The fourth-order valence-corrected chi connectivity index (χ4v) is 8.64. The van der Waals surface area contributed by atoms with E-state index in [1.165, 1.54) is 103 Å². The molecule has 0 aliphatic heterocycles. The fraction of sp³-hybridized carbons (Fsp3) is 0.917. The number of halogens is 2. The van der Waals surface area contributed by atoms with Gasteiger partial charge in [-0.3, -0.25) is 14.4 Å². The van der Waals surface area contributed by atoms with Gasteiger partial charge in [0.2, 0.25) is 0 Å². The first-order chi connectivity index (χ1) is 18.4. The van der Waals surface area contributed by atoms with E-state index in [0.29, 0.717) is 29.5 Å². The van der Waals surface area contributed by atoms with E-state index in [9.17, 15) is 14.4 Å². The molecule has 0 aromatic carbocycles. The molecule has 6 fully saturated rings. The van der Waals surface area contributed by atoms with Crippen LogP contribution in [0.4, 0.5) is 0 Å². The van der Waals surface area contributed by atoms with Crippen LogP contribution < -0.4 is 0 Å². The summed E-state index contributed by atoms with van der Waals surface area (Å²) in [5, 5.41) is 0. The van der Waals surface area contributed by atoms with Gasteiger partial charge in [-0.2, -0.15) is 0 Å². The lowest BCUT2D eigenvalue weighted by molar-refractivity contribution is -0.133. The molecule has 41 heavy (non-hydrogen) atoms. The molecule has 0 radical (unpaired) electrons. The third kappa shape index (κ3) is 13.8. The van der Waals surface area contributed by atoms with Crippen LogP contribution in [0.3, 0.4) is 0 Å². The molecular formula is C36H64Cl2O3. The highest BCUT2D eigenvalue weighted by Gasteiger charge is 2.38. The molecule has 0 saturated heterocycles. The Balaban J connectivity index is 0.000000271. The third-order valence-corrected chi connectivity index (χ3v) is 11.0. The normalized spacial score (nSPS) is 27.1. The van der Waals surface area contributed by atoms with Crippen LogP contribution in [0.15, 0.2) is 0 Å². The van der Waals surface area contributed by atoms with Crippen molar-refractivity contribution in [1.82, 2.24) is 0 Å². The van der Waals surface area contributed by atoms with Crippen molar-refractivity contribution in [1.29, 1.82) is 0 Å². The molecule has 6 aliphatic carbocycles. The summed E-state index contributed by atoms with van der Waals surface area (Å²) >= 11 is 0. The van der Waals surface area contributed by atoms with E-state index in [0.717, 1.165) is 18.3 Å². The summed E-state index contributed by atoms with van der Waals surface area (Å²) in [6, 6.07) is 0. The van der Waals surface area contributed by atoms with Crippen molar-refractivity contribution in [3.05, 3.63) is 0 Å². The molecule has 3 nitrogen and oxygen atoms in total. The van der Waals surface area contributed by atoms with E-state index in [4.69, 9.17) is 0 Å². The van der Waals surface area contributed by atoms with Gasteiger partial charge in [0, 0.05) is 25.7 Å². The van der Waals surface area contributed by atoms with Gasteiger partial charge in [0.05, 0.1) is 6.42 Å². The molecule has 0 atom stereocenters. The quantitative estimate of drug-likeness (QED) is 0.255. The SMILES string of the molecule is C1CCC2(CC1)CCCC2.CC1(C)CC(=O)CC(=O)C1.CC1(C)CCCCC1.Cl.Cl.O=C1CCC2(CCCCC2)C1. The molecule has 0 N–H and O–H groups in total. The number of hydrogen-bond donors (Lipinski definition) is 0. The van der Waals surface area contributed by atoms with Crippen LogP contribution in [0.1, 0.15) is 188 Å². The van der Waals surface area contributed by atoms with Gasteiger partial charge in [0.25, 0.3) is 0 Å².